The lowest BCUT2D eigenvalue weighted by Gasteiger charge is -2.32. The fraction of sp³-hybridized carbons (Fsp3) is 0.462. The molecule has 16 heavy (non-hydrogen) atoms. The van der Waals surface area contributed by atoms with Crippen LogP contribution in [-0.4, -0.2) is 6.29 Å². The lowest BCUT2D eigenvalue weighted by atomic mass is 9.70. The van der Waals surface area contributed by atoms with Crippen LogP contribution in [0.1, 0.15) is 37.7 Å². The van der Waals surface area contributed by atoms with Crippen LogP contribution in [0, 0.1) is 5.82 Å². The third-order valence-electron chi connectivity index (χ3n) is 3.47. The van der Waals surface area contributed by atoms with Gasteiger partial charge >= 0.3 is 0 Å². The molecule has 1 aromatic carbocycles. The van der Waals surface area contributed by atoms with Gasteiger partial charge in [-0.25, -0.2) is 4.39 Å². The van der Waals surface area contributed by atoms with Crippen LogP contribution < -0.4 is 0 Å². The maximum Gasteiger partial charge on any atom is 0.141 e. The monoisotopic (exact) mass is 240 g/mol. The molecular formula is C13H14ClFO. The molecule has 1 nitrogen and oxygen atoms in total. The Morgan fingerprint density at radius 2 is 1.94 bits per heavy atom. The molecule has 1 aliphatic rings. The minimum atomic E-state index is -0.435. The molecular weight excluding hydrogens is 227 g/mol. The minimum absolute atomic E-state index is 0.101. The summed E-state index contributed by atoms with van der Waals surface area (Å²) in [5, 5.41) is 0.101. The van der Waals surface area contributed by atoms with Gasteiger partial charge in [-0.05, 0) is 30.5 Å². The van der Waals surface area contributed by atoms with Gasteiger partial charge in [0.05, 0.1) is 10.4 Å². The number of aldehydes is 1. The van der Waals surface area contributed by atoms with Gasteiger partial charge in [-0.15, -0.1) is 0 Å². The Hall–Kier alpha value is -0.890. The van der Waals surface area contributed by atoms with Crippen LogP contribution in [-0.2, 0) is 10.2 Å². The summed E-state index contributed by atoms with van der Waals surface area (Å²) in [6, 6.07) is 4.62. The predicted molar refractivity (Wildman–Crippen MR) is 62.2 cm³/mol. The van der Waals surface area contributed by atoms with E-state index in [0.29, 0.717) is 0 Å². The van der Waals surface area contributed by atoms with Crippen molar-refractivity contribution in [2.75, 3.05) is 0 Å². The Kier molecular flexibility index (Phi) is 3.29. The summed E-state index contributed by atoms with van der Waals surface area (Å²) in [6.45, 7) is 0. The Morgan fingerprint density at radius 1 is 1.25 bits per heavy atom. The maximum absolute atomic E-state index is 13.1. The van der Waals surface area contributed by atoms with Crippen molar-refractivity contribution < 1.29 is 9.18 Å². The molecule has 0 spiro atoms. The first-order chi connectivity index (χ1) is 7.68. The Morgan fingerprint density at radius 3 is 2.50 bits per heavy atom. The van der Waals surface area contributed by atoms with Gasteiger partial charge in [0.2, 0.25) is 0 Å². The summed E-state index contributed by atoms with van der Waals surface area (Å²) in [7, 11) is 0. The summed E-state index contributed by atoms with van der Waals surface area (Å²) in [6.07, 6.45) is 5.97. The third kappa shape index (κ3) is 1.99. The smallest absolute Gasteiger partial charge is 0.141 e. The molecule has 0 saturated heterocycles. The zero-order chi connectivity index (χ0) is 11.6. The molecule has 0 unspecified atom stereocenters. The fourth-order valence-electron chi connectivity index (χ4n) is 2.46. The van der Waals surface area contributed by atoms with Gasteiger partial charge in [-0.1, -0.05) is 36.9 Å². The van der Waals surface area contributed by atoms with Gasteiger partial charge in [0.25, 0.3) is 0 Å². The zero-order valence-electron chi connectivity index (χ0n) is 9.01. The number of rotatable bonds is 2. The lowest BCUT2D eigenvalue weighted by molar-refractivity contribution is -0.113. The van der Waals surface area contributed by atoms with Crippen molar-refractivity contribution in [3.8, 4) is 0 Å². The van der Waals surface area contributed by atoms with Crippen molar-refractivity contribution in [3.05, 3.63) is 34.6 Å². The highest BCUT2D eigenvalue weighted by molar-refractivity contribution is 6.30. The topological polar surface area (TPSA) is 17.1 Å². The number of benzene rings is 1. The minimum Gasteiger partial charge on any atom is -0.302 e. The molecule has 1 saturated carbocycles. The highest BCUT2D eigenvalue weighted by Gasteiger charge is 2.33. The first kappa shape index (κ1) is 11.6. The molecule has 0 bridgehead atoms. The summed E-state index contributed by atoms with van der Waals surface area (Å²) in [5.41, 5.74) is 0.420. The Balaban J connectivity index is 2.39. The van der Waals surface area contributed by atoms with E-state index in [2.05, 4.69) is 0 Å². The van der Waals surface area contributed by atoms with E-state index in [1.54, 1.807) is 12.1 Å². The third-order valence-corrected chi connectivity index (χ3v) is 3.76. The molecule has 86 valence electrons. The lowest BCUT2D eigenvalue weighted by Crippen LogP contribution is -2.30. The van der Waals surface area contributed by atoms with Crippen LogP contribution in [0.5, 0.6) is 0 Å². The van der Waals surface area contributed by atoms with Crippen molar-refractivity contribution in [1.29, 1.82) is 0 Å². The van der Waals surface area contributed by atoms with Gasteiger partial charge in [0.15, 0.2) is 0 Å². The van der Waals surface area contributed by atoms with E-state index in [4.69, 9.17) is 11.6 Å². The first-order valence-corrected chi connectivity index (χ1v) is 5.98. The molecule has 0 radical (unpaired) electrons. The predicted octanol–water partition coefficient (Wildman–Crippen LogP) is 3.88. The maximum atomic E-state index is 13.1. The second-order valence-corrected chi connectivity index (χ2v) is 4.87. The van der Waals surface area contributed by atoms with Gasteiger partial charge in [0.1, 0.15) is 12.1 Å². The molecule has 0 aliphatic heterocycles. The molecule has 0 aromatic heterocycles. The van der Waals surface area contributed by atoms with Crippen molar-refractivity contribution in [3.63, 3.8) is 0 Å². The van der Waals surface area contributed by atoms with E-state index in [-0.39, 0.29) is 5.02 Å². The summed E-state index contributed by atoms with van der Waals surface area (Å²) in [4.78, 5) is 11.3. The van der Waals surface area contributed by atoms with Crippen LogP contribution >= 0.6 is 11.6 Å². The molecule has 1 aliphatic carbocycles. The number of hydrogen-bond acceptors (Lipinski definition) is 1. The second-order valence-electron chi connectivity index (χ2n) is 4.46. The van der Waals surface area contributed by atoms with Gasteiger partial charge in [-0.2, -0.15) is 0 Å². The Bertz CT molecular complexity index is 397. The highest BCUT2D eigenvalue weighted by atomic mass is 35.5. The number of halogens is 2. The summed E-state index contributed by atoms with van der Waals surface area (Å²) >= 11 is 5.76. The van der Waals surface area contributed by atoms with Crippen molar-refractivity contribution in [2.24, 2.45) is 0 Å². The van der Waals surface area contributed by atoms with E-state index in [1.807, 2.05) is 0 Å². The molecule has 0 N–H and O–H groups in total. The molecule has 0 heterocycles. The first-order valence-electron chi connectivity index (χ1n) is 5.60. The van der Waals surface area contributed by atoms with Crippen LogP contribution in [0.3, 0.4) is 0 Å². The summed E-state index contributed by atoms with van der Waals surface area (Å²) < 4.78 is 13.1. The van der Waals surface area contributed by atoms with E-state index in [1.165, 1.54) is 12.5 Å². The highest BCUT2D eigenvalue weighted by Crippen LogP contribution is 2.38. The van der Waals surface area contributed by atoms with Gasteiger partial charge < -0.3 is 4.79 Å². The van der Waals surface area contributed by atoms with Crippen LogP contribution in [0.2, 0.25) is 5.02 Å². The quantitative estimate of drug-likeness (QED) is 0.717. The van der Waals surface area contributed by atoms with E-state index in [0.717, 1.165) is 37.5 Å². The van der Waals surface area contributed by atoms with Crippen LogP contribution in [0.4, 0.5) is 4.39 Å². The van der Waals surface area contributed by atoms with Crippen molar-refractivity contribution >= 4 is 17.9 Å². The Labute approximate surface area is 99.6 Å². The van der Waals surface area contributed by atoms with E-state index in [9.17, 15) is 9.18 Å². The molecule has 0 atom stereocenters. The largest absolute Gasteiger partial charge is 0.302 e. The zero-order valence-corrected chi connectivity index (χ0v) is 9.77. The molecule has 0 amide bonds. The number of hydrogen-bond donors (Lipinski definition) is 0. The van der Waals surface area contributed by atoms with E-state index < -0.39 is 11.2 Å². The standard InChI is InChI=1S/C13H14ClFO/c14-11-8-10(4-5-12(11)15)13(9-16)6-2-1-3-7-13/h4-5,8-9H,1-3,6-7H2. The van der Waals surface area contributed by atoms with Crippen LogP contribution in [0.25, 0.3) is 0 Å². The molecule has 1 fully saturated rings. The van der Waals surface area contributed by atoms with Crippen LogP contribution in [0.15, 0.2) is 18.2 Å². The number of carbonyl (C=O) groups is 1. The normalized spacial score (nSPS) is 19.4. The molecule has 1 aromatic rings. The summed E-state index contributed by atoms with van der Waals surface area (Å²) in [5.74, 6) is -0.428. The van der Waals surface area contributed by atoms with Gasteiger partial charge in [0, 0.05) is 0 Å². The fourth-order valence-corrected chi connectivity index (χ4v) is 2.64. The van der Waals surface area contributed by atoms with E-state index >= 15 is 0 Å². The SMILES string of the molecule is O=CC1(c2ccc(F)c(Cl)c2)CCCCC1. The average molecular weight is 241 g/mol. The van der Waals surface area contributed by atoms with Gasteiger partial charge in [-0.3, -0.25) is 0 Å². The molecule has 2 rings (SSSR count). The second kappa shape index (κ2) is 4.54. The van der Waals surface area contributed by atoms with Crippen molar-refractivity contribution in [2.45, 2.75) is 37.5 Å². The number of carbonyl (C=O) groups excluding carboxylic acids is 1. The van der Waals surface area contributed by atoms with Crippen molar-refractivity contribution in [1.82, 2.24) is 0 Å². The molecule has 3 heteroatoms. The average Bonchev–Trinajstić information content (AvgIpc) is 2.33.